The summed E-state index contributed by atoms with van der Waals surface area (Å²) in [5, 5.41) is 7.36. The molecule has 6 heteroatoms. The van der Waals surface area contributed by atoms with Gasteiger partial charge in [-0.15, -0.1) is 0 Å². The molecule has 0 saturated heterocycles. The van der Waals surface area contributed by atoms with Gasteiger partial charge in [0.15, 0.2) is 0 Å². The Balaban J connectivity index is 1.10. The molecule has 2 aliphatic carbocycles. The van der Waals surface area contributed by atoms with E-state index in [1.165, 1.54) is 55.3 Å². The van der Waals surface area contributed by atoms with Crippen molar-refractivity contribution in [2.24, 2.45) is 5.92 Å². The smallest absolute Gasteiger partial charge is 0.225 e. The van der Waals surface area contributed by atoms with E-state index in [0.29, 0.717) is 6.04 Å². The molecule has 1 fully saturated rings. The minimum atomic E-state index is 0.465. The molecule has 0 atom stereocenters. The maximum absolute atomic E-state index is 6.01. The van der Waals surface area contributed by atoms with Crippen molar-refractivity contribution in [2.45, 2.75) is 70.9 Å². The van der Waals surface area contributed by atoms with Crippen LogP contribution in [-0.2, 0) is 19.4 Å². The fourth-order valence-corrected chi connectivity index (χ4v) is 5.55. The average Bonchev–Trinajstić information content (AvgIpc) is 3.25. The molecule has 2 heterocycles. The Kier molecular flexibility index (Phi) is 7.37. The third-order valence-corrected chi connectivity index (χ3v) is 7.59. The van der Waals surface area contributed by atoms with Gasteiger partial charge < -0.3 is 20.0 Å². The van der Waals surface area contributed by atoms with Gasteiger partial charge in [0.2, 0.25) is 5.95 Å². The van der Waals surface area contributed by atoms with E-state index < -0.39 is 0 Å². The van der Waals surface area contributed by atoms with Gasteiger partial charge in [-0.25, -0.2) is 4.98 Å². The zero-order valence-corrected chi connectivity index (χ0v) is 21.4. The first kappa shape index (κ1) is 23.9. The molecule has 2 N–H and O–H groups in total. The fraction of sp³-hybridized carbons (Fsp3) is 0.517. The lowest BCUT2D eigenvalue weighted by Gasteiger charge is -2.30. The van der Waals surface area contributed by atoms with Crippen molar-refractivity contribution in [2.75, 3.05) is 30.9 Å². The Labute approximate surface area is 209 Å². The van der Waals surface area contributed by atoms with Gasteiger partial charge in [0.05, 0.1) is 5.69 Å². The number of hydrogen-bond donors (Lipinski definition) is 2. The molecule has 1 saturated carbocycles. The molecule has 3 aromatic rings. The van der Waals surface area contributed by atoms with Gasteiger partial charge >= 0.3 is 0 Å². The third kappa shape index (κ3) is 5.69. The standard InChI is InChI=1S/C29H39N5O/c1-20-23(17-27(35-20)22-9-5-4-6-10-22)19-30-18-21-13-15-24(16-14-21)31-29-32-26-12-8-7-11-25(26)28(33-29)34(2)3/h4-6,9-10,17,21,24,30H,7-8,11-16,18-19H2,1-3H3,(H,31,32,33)/t21-,24+. The summed E-state index contributed by atoms with van der Waals surface area (Å²) >= 11 is 0. The van der Waals surface area contributed by atoms with Crippen molar-refractivity contribution in [1.82, 2.24) is 15.3 Å². The van der Waals surface area contributed by atoms with Crippen LogP contribution < -0.4 is 15.5 Å². The van der Waals surface area contributed by atoms with Gasteiger partial charge in [0, 0.05) is 43.4 Å². The summed E-state index contributed by atoms with van der Waals surface area (Å²) < 4.78 is 6.01. The molecule has 5 rings (SSSR count). The minimum absolute atomic E-state index is 0.465. The molecule has 2 aliphatic rings. The summed E-state index contributed by atoms with van der Waals surface area (Å²) in [4.78, 5) is 12.0. The van der Waals surface area contributed by atoms with Crippen LogP contribution in [0.3, 0.4) is 0 Å². The van der Waals surface area contributed by atoms with Crippen molar-refractivity contribution < 1.29 is 4.42 Å². The van der Waals surface area contributed by atoms with Crippen LogP contribution in [0.4, 0.5) is 11.8 Å². The summed E-state index contributed by atoms with van der Waals surface area (Å²) in [6, 6.07) is 13.0. The van der Waals surface area contributed by atoms with Crippen LogP contribution in [0.15, 0.2) is 40.8 Å². The zero-order valence-electron chi connectivity index (χ0n) is 21.4. The number of benzene rings is 1. The van der Waals surface area contributed by atoms with Crippen LogP contribution in [0.5, 0.6) is 0 Å². The number of aromatic nitrogens is 2. The molecule has 0 aliphatic heterocycles. The largest absolute Gasteiger partial charge is 0.461 e. The second-order valence-electron chi connectivity index (χ2n) is 10.4. The van der Waals surface area contributed by atoms with E-state index in [1.807, 2.05) is 6.07 Å². The van der Waals surface area contributed by atoms with Crippen LogP contribution in [0, 0.1) is 12.8 Å². The van der Waals surface area contributed by atoms with Gasteiger partial charge in [-0.1, -0.05) is 30.3 Å². The van der Waals surface area contributed by atoms with Gasteiger partial charge in [0.25, 0.3) is 0 Å². The SMILES string of the molecule is Cc1oc(-c2ccccc2)cc1CNC[C@H]1CC[C@@H](Nc2nc3c(c(N(C)C)n2)CCCC3)CC1. The van der Waals surface area contributed by atoms with Crippen molar-refractivity contribution >= 4 is 11.8 Å². The minimum Gasteiger partial charge on any atom is -0.461 e. The summed E-state index contributed by atoms with van der Waals surface area (Å²) in [5.74, 6) is 4.59. The molecule has 0 radical (unpaired) electrons. The van der Waals surface area contributed by atoms with Gasteiger partial charge in [-0.05, 0) is 76.8 Å². The highest BCUT2D eigenvalue weighted by Gasteiger charge is 2.24. The summed E-state index contributed by atoms with van der Waals surface area (Å²) in [6.45, 7) is 3.97. The number of rotatable bonds is 8. The molecular weight excluding hydrogens is 434 g/mol. The Hall–Kier alpha value is -2.86. The maximum atomic E-state index is 6.01. The number of nitrogens with one attached hydrogen (secondary N) is 2. The molecular formula is C29H39N5O. The third-order valence-electron chi connectivity index (χ3n) is 7.59. The predicted octanol–water partition coefficient (Wildman–Crippen LogP) is 5.75. The van der Waals surface area contributed by atoms with E-state index in [-0.39, 0.29) is 0 Å². The average molecular weight is 474 g/mol. The van der Waals surface area contributed by atoms with Gasteiger partial charge in [0.1, 0.15) is 17.3 Å². The van der Waals surface area contributed by atoms with Crippen molar-refractivity contribution in [3.63, 3.8) is 0 Å². The predicted molar refractivity (Wildman–Crippen MR) is 143 cm³/mol. The Morgan fingerprint density at radius 2 is 1.77 bits per heavy atom. The number of fused-ring (bicyclic) bond motifs is 1. The molecule has 2 aromatic heterocycles. The highest BCUT2D eigenvalue weighted by molar-refractivity contribution is 5.58. The van der Waals surface area contributed by atoms with E-state index in [9.17, 15) is 0 Å². The highest BCUT2D eigenvalue weighted by atomic mass is 16.3. The number of hydrogen-bond acceptors (Lipinski definition) is 6. The van der Waals surface area contributed by atoms with Crippen molar-refractivity contribution in [1.29, 1.82) is 0 Å². The highest BCUT2D eigenvalue weighted by Crippen LogP contribution is 2.30. The quantitative estimate of drug-likeness (QED) is 0.434. The first-order valence-corrected chi connectivity index (χ1v) is 13.3. The maximum Gasteiger partial charge on any atom is 0.225 e. The normalized spacial score (nSPS) is 19.9. The number of aryl methyl sites for hydroxylation is 2. The van der Waals surface area contributed by atoms with Gasteiger partial charge in [-0.3, -0.25) is 0 Å². The molecule has 0 spiro atoms. The number of furan rings is 1. The fourth-order valence-electron chi connectivity index (χ4n) is 5.55. The van der Waals surface area contributed by atoms with Crippen LogP contribution in [0.1, 0.15) is 61.1 Å². The Morgan fingerprint density at radius 3 is 2.54 bits per heavy atom. The molecule has 0 bridgehead atoms. The number of anilines is 2. The van der Waals surface area contributed by atoms with Crippen LogP contribution in [-0.4, -0.2) is 36.6 Å². The molecule has 35 heavy (non-hydrogen) atoms. The van der Waals surface area contributed by atoms with E-state index in [2.05, 4.69) is 66.9 Å². The van der Waals surface area contributed by atoms with Crippen LogP contribution in [0.2, 0.25) is 0 Å². The topological polar surface area (TPSA) is 66.2 Å². The summed E-state index contributed by atoms with van der Waals surface area (Å²) in [7, 11) is 4.18. The second kappa shape index (κ2) is 10.8. The van der Waals surface area contributed by atoms with Crippen molar-refractivity contribution in [3.8, 4) is 11.3 Å². The molecule has 0 unspecified atom stereocenters. The first-order chi connectivity index (χ1) is 17.1. The lowest BCUT2D eigenvalue weighted by molar-refractivity contribution is 0.323. The summed E-state index contributed by atoms with van der Waals surface area (Å²) in [6.07, 6.45) is 9.48. The lowest BCUT2D eigenvalue weighted by atomic mass is 9.86. The Bertz CT molecular complexity index is 1120. The first-order valence-electron chi connectivity index (χ1n) is 13.3. The second-order valence-corrected chi connectivity index (χ2v) is 10.4. The molecule has 1 aromatic carbocycles. The van der Waals surface area contributed by atoms with E-state index >= 15 is 0 Å². The van der Waals surface area contributed by atoms with Crippen LogP contribution in [0.25, 0.3) is 11.3 Å². The summed E-state index contributed by atoms with van der Waals surface area (Å²) in [5.41, 5.74) is 4.99. The van der Waals surface area contributed by atoms with E-state index in [4.69, 9.17) is 14.4 Å². The van der Waals surface area contributed by atoms with Crippen molar-refractivity contribution in [3.05, 3.63) is 59.0 Å². The lowest BCUT2D eigenvalue weighted by Crippen LogP contribution is -2.32. The number of nitrogens with zero attached hydrogens (tertiary/aromatic N) is 3. The van der Waals surface area contributed by atoms with Crippen LogP contribution >= 0.6 is 0 Å². The van der Waals surface area contributed by atoms with Gasteiger partial charge in [-0.2, -0.15) is 4.98 Å². The monoisotopic (exact) mass is 473 g/mol. The molecule has 186 valence electrons. The zero-order chi connectivity index (χ0) is 24.2. The van der Waals surface area contributed by atoms with E-state index in [0.717, 1.165) is 60.7 Å². The molecule has 0 amide bonds. The Morgan fingerprint density at radius 1 is 1.00 bits per heavy atom. The molecule has 6 nitrogen and oxygen atoms in total. The van der Waals surface area contributed by atoms with E-state index in [1.54, 1.807) is 0 Å².